The van der Waals surface area contributed by atoms with E-state index in [0.29, 0.717) is 0 Å². The van der Waals surface area contributed by atoms with Gasteiger partial charge in [-0.1, -0.05) is 36.4 Å². The summed E-state index contributed by atoms with van der Waals surface area (Å²) in [6, 6.07) is 18.6. The fourth-order valence-electron chi connectivity index (χ4n) is 2.84. The van der Waals surface area contributed by atoms with Crippen LogP contribution >= 0.6 is 0 Å². The molecule has 100 valence electrons. The molecule has 0 saturated heterocycles. The highest BCUT2D eigenvalue weighted by Crippen LogP contribution is 2.28. The van der Waals surface area contributed by atoms with Gasteiger partial charge in [-0.15, -0.1) is 0 Å². The third kappa shape index (κ3) is 2.38. The number of benzene rings is 2. The van der Waals surface area contributed by atoms with Crippen LogP contribution in [0.3, 0.4) is 0 Å². The Morgan fingerprint density at radius 1 is 1.15 bits per heavy atom. The minimum Gasteiger partial charge on any atom is -0.365 e. The van der Waals surface area contributed by atoms with Gasteiger partial charge >= 0.3 is 0 Å². The Bertz CT molecular complexity index is 657. The van der Waals surface area contributed by atoms with Crippen molar-refractivity contribution < 1.29 is 0 Å². The molecule has 2 aromatic carbocycles. The van der Waals surface area contributed by atoms with Crippen LogP contribution in [0.5, 0.6) is 0 Å². The Balaban J connectivity index is 1.93. The van der Waals surface area contributed by atoms with Gasteiger partial charge in [-0.25, -0.2) is 0 Å². The van der Waals surface area contributed by atoms with Crippen molar-refractivity contribution in [3.63, 3.8) is 0 Å². The summed E-state index contributed by atoms with van der Waals surface area (Å²) in [5.41, 5.74) is 10.5. The number of nitrogens with zero attached hydrogens (tertiary/aromatic N) is 2. The van der Waals surface area contributed by atoms with Crippen LogP contribution in [0.25, 0.3) is 0 Å². The predicted octanol–water partition coefficient (Wildman–Crippen LogP) is 2.45. The maximum absolute atomic E-state index is 9.20. The summed E-state index contributed by atoms with van der Waals surface area (Å²) in [7, 11) is 0. The molecule has 1 atom stereocenters. The van der Waals surface area contributed by atoms with Crippen LogP contribution in [0.2, 0.25) is 0 Å². The molecule has 0 saturated carbocycles. The zero-order valence-corrected chi connectivity index (χ0v) is 11.3. The number of nitrogens with two attached hydrogens (primary N) is 1. The molecule has 0 aliphatic carbocycles. The fourth-order valence-corrected chi connectivity index (χ4v) is 2.84. The third-order valence-electron chi connectivity index (χ3n) is 3.77. The fraction of sp³-hybridized carbons (Fsp3) is 0.235. The molecule has 1 aliphatic heterocycles. The molecule has 1 unspecified atom stereocenters. The van der Waals surface area contributed by atoms with Gasteiger partial charge in [-0.3, -0.25) is 0 Å². The van der Waals surface area contributed by atoms with Crippen molar-refractivity contribution in [2.45, 2.75) is 19.0 Å². The number of rotatable bonds is 2. The second kappa shape index (κ2) is 5.36. The van der Waals surface area contributed by atoms with Crippen molar-refractivity contribution in [1.82, 2.24) is 0 Å². The standard InChI is InChI=1S/C17H17N3/c18-10-14-6-1-2-7-15(14)11-20-12-16(19)9-13-5-3-4-8-17(13)20/h1-8,16H,9,11-12,19H2. The Hall–Kier alpha value is -2.31. The lowest BCUT2D eigenvalue weighted by molar-refractivity contribution is 0.598. The van der Waals surface area contributed by atoms with Gasteiger partial charge in [-0.2, -0.15) is 5.26 Å². The minimum atomic E-state index is 0.152. The van der Waals surface area contributed by atoms with Gasteiger partial charge in [0.2, 0.25) is 0 Å². The van der Waals surface area contributed by atoms with Crippen LogP contribution in [-0.4, -0.2) is 12.6 Å². The van der Waals surface area contributed by atoms with E-state index in [1.165, 1.54) is 11.3 Å². The molecule has 2 aromatic rings. The van der Waals surface area contributed by atoms with Gasteiger partial charge < -0.3 is 10.6 Å². The summed E-state index contributed by atoms with van der Waals surface area (Å²) in [5.74, 6) is 0. The van der Waals surface area contributed by atoms with Crippen LogP contribution in [0, 0.1) is 11.3 Å². The highest BCUT2D eigenvalue weighted by Gasteiger charge is 2.22. The summed E-state index contributed by atoms with van der Waals surface area (Å²) in [4.78, 5) is 2.28. The first-order chi connectivity index (χ1) is 9.78. The average molecular weight is 263 g/mol. The van der Waals surface area contributed by atoms with E-state index in [4.69, 9.17) is 5.73 Å². The zero-order chi connectivity index (χ0) is 13.9. The van der Waals surface area contributed by atoms with E-state index in [-0.39, 0.29) is 6.04 Å². The van der Waals surface area contributed by atoms with Gasteiger partial charge in [0.25, 0.3) is 0 Å². The lowest BCUT2D eigenvalue weighted by Gasteiger charge is -2.34. The van der Waals surface area contributed by atoms with E-state index in [9.17, 15) is 5.26 Å². The van der Waals surface area contributed by atoms with Gasteiger partial charge in [0.15, 0.2) is 0 Å². The van der Waals surface area contributed by atoms with Crippen LogP contribution < -0.4 is 10.6 Å². The summed E-state index contributed by atoms with van der Waals surface area (Å²) < 4.78 is 0. The number of hydrogen-bond donors (Lipinski definition) is 1. The topological polar surface area (TPSA) is 53.0 Å². The summed E-state index contributed by atoms with van der Waals surface area (Å²) in [6.45, 7) is 1.56. The molecule has 3 nitrogen and oxygen atoms in total. The molecular formula is C17H17N3. The van der Waals surface area contributed by atoms with E-state index in [1.807, 2.05) is 24.3 Å². The van der Waals surface area contributed by atoms with Crippen LogP contribution in [0.1, 0.15) is 16.7 Å². The molecule has 0 radical (unpaired) electrons. The lowest BCUT2D eigenvalue weighted by Crippen LogP contribution is -2.43. The highest BCUT2D eigenvalue weighted by atomic mass is 15.2. The first-order valence-electron chi connectivity index (χ1n) is 6.84. The molecule has 1 aliphatic rings. The predicted molar refractivity (Wildman–Crippen MR) is 80.3 cm³/mol. The third-order valence-corrected chi connectivity index (χ3v) is 3.77. The first kappa shape index (κ1) is 12.7. The van der Waals surface area contributed by atoms with Crippen molar-refractivity contribution in [3.8, 4) is 6.07 Å². The second-order valence-electron chi connectivity index (χ2n) is 5.24. The van der Waals surface area contributed by atoms with Gasteiger partial charge in [0.05, 0.1) is 11.6 Å². The molecule has 1 heterocycles. The highest BCUT2D eigenvalue weighted by molar-refractivity contribution is 5.57. The molecule has 0 fully saturated rings. The number of para-hydroxylation sites is 1. The normalized spacial score (nSPS) is 17.4. The Morgan fingerprint density at radius 2 is 1.90 bits per heavy atom. The van der Waals surface area contributed by atoms with Crippen LogP contribution in [-0.2, 0) is 13.0 Å². The van der Waals surface area contributed by atoms with Crippen molar-refractivity contribution in [2.24, 2.45) is 5.73 Å². The average Bonchev–Trinajstić information content (AvgIpc) is 2.47. The molecule has 0 spiro atoms. The Kier molecular flexibility index (Phi) is 3.41. The van der Waals surface area contributed by atoms with E-state index in [2.05, 4.69) is 35.2 Å². The SMILES string of the molecule is N#Cc1ccccc1CN1CC(N)Cc2ccccc21. The number of hydrogen-bond acceptors (Lipinski definition) is 3. The molecular weight excluding hydrogens is 246 g/mol. The van der Waals surface area contributed by atoms with Gasteiger partial charge in [0.1, 0.15) is 0 Å². The summed E-state index contributed by atoms with van der Waals surface area (Å²) >= 11 is 0. The van der Waals surface area contributed by atoms with Crippen LogP contribution in [0.4, 0.5) is 5.69 Å². The Labute approximate surface area is 119 Å². The van der Waals surface area contributed by atoms with Crippen molar-refractivity contribution >= 4 is 5.69 Å². The maximum atomic E-state index is 9.20. The minimum absolute atomic E-state index is 0.152. The number of nitriles is 1. The van der Waals surface area contributed by atoms with Gasteiger partial charge in [0, 0.05) is 24.8 Å². The zero-order valence-electron chi connectivity index (χ0n) is 11.3. The molecule has 3 rings (SSSR count). The quantitative estimate of drug-likeness (QED) is 0.905. The van der Waals surface area contributed by atoms with Crippen LogP contribution in [0.15, 0.2) is 48.5 Å². The van der Waals surface area contributed by atoms with E-state index in [0.717, 1.165) is 30.6 Å². The molecule has 2 N–H and O–H groups in total. The van der Waals surface area contributed by atoms with E-state index >= 15 is 0 Å². The summed E-state index contributed by atoms with van der Waals surface area (Å²) in [5, 5.41) is 9.20. The maximum Gasteiger partial charge on any atom is 0.0995 e. The largest absolute Gasteiger partial charge is 0.365 e. The monoisotopic (exact) mass is 263 g/mol. The molecule has 3 heteroatoms. The molecule has 0 bridgehead atoms. The van der Waals surface area contributed by atoms with E-state index in [1.54, 1.807) is 0 Å². The lowest BCUT2D eigenvalue weighted by atomic mass is 9.97. The van der Waals surface area contributed by atoms with Crippen molar-refractivity contribution in [2.75, 3.05) is 11.4 Å². The van der Waals surface area contributed by atoms with Crippen molar-refractivity contribution in [1.29, 1.82) is 5.26 Å². The van der Waals surface area contributed by atoms with Crippen molar-refractivity contribution in [3.05, 3.63) is 65.2 Å². The smallest absolute Gasteiger partial charge is 0.0995 e. The Morgan fingerprint density at radius 3 is 2.75 bits per heavy atom. The molecule has 0 amide bonds. The summed E-state index contributed by atoms with van der Waals surface area (Å²) in [6.07, 6.45) is 0.923. The second-order valence-corrected chi connectivity index (χ2v) is 5.24. The van der Waals surface area contributed by atoms with Gasteiger partial charge in [-0.05, 0) is 29.7 Å². The number of anilines is 1. The molecule has 20 heavy (non-hydrogen) atoms. The first-order valence-corrected chi connectivity index (χ1v) is 6.84. The number of fused-ring (bicyclic) bond motifs is 1. The molecule has 0 aromatic heterocycles. The van der Waals surface area contributed by atoms with E-state index < -0.39 is 0 Å².